The molecule has 0 bridgehead atoms. The van der Waals surface area contributed by atoms with Crippen molar-refractivity contribution in [3.63, 3.8) is 0 Å². The van der Waals surface area contributed by atoms with Crippen LogP contribution in [0.1, 0.15) is 62.5 Å². The Morgan fingerprint density at radius 1 is 1.21 bits per heavy atom. The van der Waals surface area contributed by atoms with Crippen LogP contribution in [0.25, 0.3) is 11.3 Å². The van der Waals surface area contributed by atoms with Crippen LogP contribution < -0.4 is 14.8 Å². The fraction of sp³-hybridized carbons (Fsp3) is 0.500. The summed E-state index contributed by atoms with van der Waals surface area (Å²) in [5, 5.41) is 7.53. The number of aromatic nitrogens is 2. The zero-order valence-electron chi connectivity index (χ0n) is 20.5. The van der Waals surface area contributed by atoms with Crippen LogP contribution >= 0.6 is 0 Å². The molecule has 184 valence electrons. The van der Waals surface area contributed by atoms with E-state index in [2.05, 4.69) is 17.0 Å². The number of esters is 1. The molecule has 1 aliphatic rings. The van der Waals surface area contributed by atoms with E-state index in [9.17, 15) is 9.59 Å². The Morgan fingerprint density at radius 2 is 1.85 bits per heavy atom. The number of hydrogen-bond donors (Lipinski definition) is 1. The predicted molar refractivity (Wildman–Crippen MR) is 130 cm³/mol. The van der Waals surface area contributed by atoms with Crippen molar-refractivity contribution in [3.8, 4) is 22.8 Å². The zero-order valence-corrected chi connectivity index (χ0v) is 20.5. The maximum atomic E-state index is 13.1. The van der Waals surface area contributed by atoms with Gasteiger partial charge in [-0.15, -0.1) is 6.58 Å². The van der Waals surface area contributed by atoms with Gasteiger partial charge >= 0.3 is 5.97 Å². The molecule has 1 aromatic heterocycles. The first-order chi connectivity index (χ1) is 16.4. The molecule has 0 unspecified atom stereocenters. The highest BCUT2D eigenvalue weighted by Crippen LogP contribution is 2.41. The number of hydrogen-bond acceptors (Lipinski definition) is 6. The summed E-state index contributed by atoms with van der Waals surface area (Å²) < 4.78 is 18.4. The number of carbonyl (C=O) groups is 2. The molecule has 8 heteroatoms. The van der Waals surface area contributed by atoms with Gasteiger partial charge in [0.15, 0.2) is 5.69 Å². The quantitative estimate of drug-likeness (QED) is 0.383. The van der Waals surface area contributed by atoms with Crippen molar-refractivity contribution < 1.29 is 23.8 Å². The summed E-state index contributed by atoms with van der Waals surface area (Å²) >= 11 is 0. The average molecular weight is 470 g/mol. The number of ether oxygens (including phenoxy) is 3. The Hall–Kier alpha value is -3.29. The second kappa shape index (κ2) is 11.7. The van der Waals surface area contributed by atoms with E-state index in [-0.39, 0.29) is 36.0 Å². The van der Waals surface area contributed by atoms with Crippen LogP contribution in [0.3, 0.4) is 0 Å². The van der Waals surface area contributed by atoms with Crippen molar-refractivity contribution in [1.29, 1.82) is 0 Å². The standard InChI is InChI=1S/C26H35N3O5/c1-6-18(14-24(30)34-16-17(2)3)27-26(31)20-15-21(29(28-20)19-10-7-8-11-19)25-22(32-4)12-9-13-23(25)33-5/h6,9,12-13,15,17-19H,1,7-8,10-11,14,16H2,2-5H3,(H,27,31)/t18-/m0/s1. The summed E-state index contributed by atoms with van der Waals surface area (Å²) in [6, 6.07) is 6.96. The number of nitrogens with zero attached hydrogens (tertiary/aromatic N) is 2. The average Bonchev–Trinajstić information content (AvgIpc) is 3.51. The second-order valence-electron chi connectivity index (χ2n) is 8.93. The lowest BCUT2D eigenvalue weighted by atomic mass is 10.1. The van der Waals surface area contributed by atoms with Gasteiger partial charge in [0.05, 0.1) is 50.6 Å². The van der Waals surface area contributed by atoms with Gasteiger partial charge < -0.3 is 19.5 Å². The fourth-order valence-corrected chi connectivity index (χ4v) is 4.16. The summed E-state index contributed by atoms with van der Waals surface area (Å²) in [7, 11) is 3.21. The molecule has 1 heterocycles. The van der Waals surface area contributed by atoms with Crippen molar-refractivity contribution >= 4 is 11.9 Å². The van der Waals surface area contributed by atoms with Gasteiger partial charge in [0, 0.05) is 0 Å². The monoisotopic (exact) mass is 469 g/mol. The van der Waals surface area contributed by atoms with Crippen LogP contribution in [0.4, 0.5) is 0 Å². The molecule has 1 N–H and O–H groups in total. The number of rotatable bonds is 11. The largest absolute Gasteiger partial charge is 0.496 e. The van der Waals surface area contributed by atoms with E-state index < -0.39 is 6.04 Å². The van der Waals surface area contributed by atoms with Crippen molar-refractivity contribution in [1.82, 2.24) is 15.1 Å². The molecule has 1 atom stereocenters. The van der Waals surface area contributed by atoms with Gasteiger partial charge in [-0.3, -0.25) is 14.3 Å². The van der Waals surface area contributed by atoms with Crippen LogP contribution in [-0.2, 0) is 9.53 Å². The van der Waals surface area contributed by atoms with Crippen LogP contribution in [0.2, 0.25) is 0 Å². The normalized spacial score (nSPS) is 14.6. The van der Waals surface area contributed by atoms with Crippen LogP contribution in [0.5, 0.6) is 11.5 Å². The van der Waals surface area contributed by atoms with Gasteiger partial charge in [0.25, 0.3) is 5.91 Å². The maximum Gasteiger partial charge on any atom is 0.308 e. The molecular weight excluding hydrogens is 434 g/mol. The molecule has 1 fully saturated rings. The minimum Gasteiger partial charge on any atom is -0.496 e. The highest BCUT2D eigenvalue weighted by Gasteiger charge is 2.27. The molecule has 2 aromatic rings. The minimum absolute atomic E-state index is 0.0124. The fourth-order valence-electron chi connectivity index (χ4n) is 4.16. The maximum absolute atomic E-state index is 13.1. The molecule has 0 spiro atoms. The van der Waals surface area contributed by atoms with Gasteiger partial charge in [-0.2, -0.15) is 5.10 Å². The third-order valence-corrected chi connectivity index (χ3v) is 5.89. The molecule has 1 aromatic carbocycles. The molecule has 8 nitrogen and oxygen atoms in total. The van der Waals surface area contributed by atoms with E-state index in [1.165, 1.54) is 6.08 Å². The van der Waals surface area contributed by atoms with E-state index in [1.54, 1.807) is 20.3 Å². The summed E-state index contributed by atoms with van der Waals surface area (Å²) in [4.78, 5) is 25.3. The lowest BCUT2D eigenvalue weighted by Crippen LogP contribution is -2.35. The first-order valence-electron chi connectivity index (χ1n) is 11.8. The van der Waals surface area contributed by atoms with Crippen molar-refractivity contribution in [2.45, 2.75) is 58.0 Å². The van der Waals surface area contributed by atoms with Crippen LogP contribution in [0.15, 0.2) is 36.9 Å². The minimum atomic E-state index is -0.562. The smallest absolute Gasteiger partial charge is 0.308 e. The highest BCUT2D eigenvalue weighted by molar-refractivity contribution is 5.94. The molecule has 34 heavy (non-hydrogen) atoms. The first kappa shape index (κ1) is 25.3. The lowest BCUT2D eigenvalue weighted by molar-refractivity contribution is -0.144. The summed E-state index contributed by atoms with van der Waals surface area (Å²) in [5.74, 6) is 0.763. The van der Waals surface area contributed by atoms with Crippen LogP contribution in [-0.4, -0.2) is 48.5 Å². The number of nitrogens with one attached hydrogen (secondary N) is 1. The Balaban J connectivity index is 1.89. The molecule has 1 aliphatic carbocycles. The number of amides is 1. The third kappa shape index (κ3) is 5.98. The number of benzene rings is 1. The van der Waals surface area contributed by atoms with Crippen molar-refractivity contribution in [3.05, 3.63) is 42.6 Å². The molecule has 0 saturated heterocycles. The van der Waals surface area contributed by atoms with E-state index in [1.807, 2.05) is 36.7 Å². The lowest BCUT2D eigenvalue weighted by Gasteiger charge is -2.18. The molecule has 0 aliphatic heterocycles. The number of carbonyl (C=O) groups excluding carboxylic acids is 2. The SMILES string of the molecule is C=C[C@@H](CC(=O)OCC(C)C)NC(=O)c1cc(-c2c(OC)cccc2OC)n(C2CCCC2)n1. The van der Waals surface area contributed by atoms with E-state index in [4.69, 9.17) is 14.2 Å². The van der Waals surface area contributed by atoms with Gasteiger partial charge in [-0.1, -0.05) is 38.8 Å². The zero-order chi connectivity index (χ0) is 24.7. The van der Waals surface area contributed by atoms with Crippen molar-refractivity contribution in [2.24, 2.45) is 5.92 Å². The molecule has 0 radical (unpaired) electrons. The van der Waals surface area contributed by atoms with Crippen LogP contribution in [0, 0.1) is 5.92 Å². The summed E-state index contributed by atoms with van der Waals surface area (Å²) in [6.07, 6.45) is 5.76. The second-order valence-corrected chi connectivity index (χ2v) is 8.93. The predicted octanol–water partition coefficient (Wildman–Crippen LogP) is 4.56. The first-order valence-corrected chi connectivity index (χ1v) is 11.8. The highest BCUT2D eigenvalue weighted by atomic mass is 16.5. The van der Waals surface area contributed by atoms with E-state index in [0.29, 0.717) is 18.1 Å². The Labute approximate surface area is 201 Å². The van der Waals surface area contributed by atoms with E-state index in [0.717, 1.165) is 36.9 Å². The van der Waals surface area contributed by atoms with Crippen molar-refractivity contribution in [2.75, 3.05) is 20.8 Å². The van der Waals surface area contributed by atoms with Gasteiger partial charge in [-0.05, 0) is 37.0 Å². The Bertz CT molecular complexity index is 986. The Kier molecular flexibility index (Phi) is 8.73. The molecule has 3 rings (SSSR count). The molecule has 1 saturated carbocycles. The Morgan fingerprint density at radius 3 is 2.41 bits per heavy atom. The van der Waals surface area contributed by atoms with Gasteiger partial charge in [0.1, 0.15) is 11.5 Å². The molecular formula is C26H35N3O5. The van der Waals surface area contributed by atoms with Gasteiger partial charge in [-0.25, -0.2) is 0 Å². The topological polar surface area (TPSA) is 91.7 Å². The number of methoxy groups -OCH3 is 2. The summed E-state index contributed by atoms with van der Waals surface area (Å²) in [6.45, 7) is 8.03. The third-order valence-electron chi connectivity index (χ3n) is 5.89. The van der Waals surface area contributed by atoms with Gasteiger partial charge in [0.2, 0.25) is 0 Å². The summed E-state index contributed by atoms with van der Waals surface area (Å²) in [5.41, 5.74) is 1.78. The van der Waals surface area contributed by atoms with E-state index >= 15 is 0 Å². The molecule has 1 amide bonds.